The Morgan fingerprint density at radius 1 is 1.05 bits per heavy atom. The van der Waals surface area contributed by atoms with E-state index in [-0.39, 0.29) is 11.6 Å². The number of hydrogen-bond donors (Lipinski definition) is 1. The number of aliphatic hydroxyl groups excluding tert-OH is 1. The SMILES string of the molecule is CCCCCCCCC(O)C1(N(C)C)CCC(C)CC1. The second-order valence-corrected chi connectivity index (χ2v) is 7.25. The van der Waals surface area contributed by atoms with Crippen LogP contribution in [-0.2, 0) is 0 Å². The highest BCUT2D eigenvalue weighted by Gasteiger charge is 2.41. The summed E-state index contributed by atoms with van der Waals surface area (Å²) in [7, 11) is 4.31. The highest BCUT2D eigenvalue weighted by molar-refractivity contribution is 4.97. The Morgan fingerprint density at radius 3 is 2.15 bits per heavy atom. The number of hydrogen-bond acceptors (Lipinski definition) is 2. The van der Waals surface area contributed by atoms with Gasteiger partial charge in [-0.05, 0) is 52.1 Å². The van der Waals surface area contributed by atoms with Crippen molar-refractivity contribution in [3.63, 3.8) is 0 Å². The van der Waals surface area contributed by atoms with Crippen molar-refractivity contribution < 1.29 is 5.11 Å². The van der Waals surface area contributed by atoms with Crippen molar-refractivity contribution in [1.29, 1.82) is 0 Å². The molecule has 0 heterocycles. The van der Waals surface area contributed by atoms with Gasteiger partial charge in [0.05, 0.1) is 6.10 Å². The number of unbranched alkanes of at least 4 members (excludes halogenated alkanes) is 5. The van der Waals surface area contributed by atoms with E-state index in [2.05, 4.69) is 32.8 Å². The molecule has 1 N–H and O–H groups in total. The molecule has 0 aromatic carbocycles. The summed E-state index contributed by atoms with van der Waals surface area (Å²) in [4.78, 5) is 2.31. The van der Waals surface area contributed by atoms with Crippen LogP contribution in [0.25, 0.3) is 0 Å². The lowest BCUT2D eigenvalue weighted by molar-refractivity contribution is -0.0435. The van der Waals surface area contributed by atoms with Crippen LogP contribution in [0.15, 0.2) is 0 Å². The lowest BCUT2D eigenvalue weighted by atomic mass is 9.72. The van der Waals surface area contributed by atoms with Crippen molar-refractivity contribution >= 4 is 0 Å². The largest absolute Gasteiger partial charge is 0.391 e. The molecule has 1 fully saturated rings. The predicted octanol–water partition coefficient (Wildman–Crippen LogP) is 4.61. The number of nitrogens with zero attached hydrogens (tertiary/aromatic N) is 1. The zero-order chi connectivity index (χ0) is 15.0. The van der Waals surface area contributed by atoms with Gasteiger partial charge >= 0.3 is 0 Å². The third-order valence-electron chi connectivity index (χ3n) is 5.48. The van der Waals surface area contributed by atoms with Crippen LogP contribution in [-0.4, -0.2) is 35.7 Å². The molecule has 1 unspecified atom stereocenters. The van der Waals surface area contributed by atoms with Crippen LogP contribution in [0.4, 0.5) is 0 Å². The van der Waals surface area contributed by atoms with Gasteiger partial charge in [-0.3, -0.25) is 0 Å². The third kappa shape index (κ3) is 5.04. The molecule has 1 saturated carbocycles. The summed E-state index contributed by atoms with van der Waals surface area (Å²) in [5.74, 6) is 0.837. The van der Waals surface area contributed by atoms with Crippen LogP contribution in [0.5, 0.6) is 0 Å². The van der Waals surface area contributed by atoms with Crippen molar-refractivity contribution in [2.24, 2.45) is 5.92 Å². The Bertz CT molecular complexity index is 244. The fourth-order valence-electron chi connectivity index (χ4n) is 3.73. The Morgan fingerprint density at radius 2 is 1.60 bits per heavy atom. The molecule has 1 aliphatic carbocycles. The van der Waals surface area contributed by atoms with E-state index in [0.717, 1.165) is 25.2 Å². The second kappa shape index (κ2) is 9.04. The number of rotatable bonds is 9. The molecule has 0 radical (unpaired) electrons. The first-order valence-electron chi connectivity index (χ1n) is 8.88. The van der Waals surface area contributed by atoms with Gasteiger partial charge in [-0.2, -0.15) is 0 Å². The van der Waals surface area contributed by atoms with E-state index in [4.69, 9.17) is 0 Å². The van der Waals surface area contributed by atoms with Gasteiger partial charge in [0.15, 0.2) is 0 Å². The molecule has 0 amide bonds. The molecule has 1 rings (SSSR count). The number of likely N-dealkylation sites (N-methyl/N-ethyl adjacent to an activating group) is 1. The summed E-state index contributed by atoms with van der Waals surface area (Å²) < 4.78 is 0. The van der Waals surface area contributed by atoms with Gasteiger partial charge in [0.25, 0.3) is 0 Å². The molecule has 0 bridgehead atoms. The van der Waals surface area contributed by atoms with Gasteiger partial charge in [-0.25, -0.2) is 0 Å². The van der Waals surface area contributed by atoms with Crippen molar-refractivity contribution in [2.75, 3.05) is 14.1 Å². The molecule has 2 nitrogen and oxygen atoms in total. The Balaban J connectivity index is 2.35. The minimum Gasteiger partial charge on any atom is -0.391 e. The van der Waals surface area contributed by atoms with Gasteiger partial charge in [-0.15, -0.1) is 0 Å². The van der Waals surface area contributed by atoms with E-state index in [0.29, 0.717) is 0 Å². The van der Waals surface area contributed by atoms with Gasteiger partial charge in [0.2, 0.25) is 0 Å². The van der Waals surface area contributed by atoms with Crippen LogP contribution in [0.2, 0.25) is 0 Å². The quantitative estimate of drug-likeness (QED) is 0.625. The van der Waals surface area contributed by atoms with Crippen molar-refractivity contribution in [2.45, 2.75) is 96.1 Å². The molecule has 0 aromatic rings. The van der Waals surface area contributed by atoms with E-state index >= 15 is 0 Å². The van der Waals surface area contributed by atoms with Crippen molar-refractivity contribution in [1.82, 2.24) is 4.90 Å². The van der Waals surface area contributed by atoms with Gasteiger partial charge in [0, 0.05) is 5.54 Å². The van der Waals surface area contributed by atoms with Crippen LogP contribution in [0.1, 0.15) is 84.5 Å². The molecule has 1 aliphatic rings. The van der Waals surface area contributed by atoms with Crippen LogP contribution in [0.3, 0.4) is 0 Å². The lowest BCUT2D eigenvalue weighted by Gasteiger charge is -2.48. The highest BCUT2D eigenvalue weighted by atomic mass is 16.3. The predicted molar refractivity (Wildman–Crippen MR) is 88.0 cm³/mol. The summed E-state index contributed by atoms with van der Waals surface area (Å²) in [6, 6.07) is 0. The molecule has 20 heavy (non-hydrogen) atoms. The zero-order valence-corrected chi connectivity index (χ0v) is 14.3. The van der Waals surface area contributed by atoms with E-state index < -0.39 is 0 Å². The zero-order valence-electron chi connectivity index (χ0n) is 14.3. The van der Waals surface area contributed by atoms with Gasteiger partial charge in [0.1, 0.15) is 0 Å². The number of aliphatic hydroxyl groups is 1. The van der Waals surface area contributed by atoms with E-state index in [1.165, 1.54) is 51.4 Å². The lowest BCUT2D eigenvalue weighted by Crippen LogP contribution is -2.55. The van der Waals surface area contributed by atoms with Crippen LogP contribution >= 0.6 is 0 Å². The van der Waals surface area contributed by atoms with E-state index in [9.17, 15) is 5.11 Å². The fraction of sp³-hybridized carbons (Fsp3) is 1.00. The monoisotopic (exact) mass is 283 g/mol. The Kier molecular flexibility index (Phi) is 8.13. The summed E-state index contributed by atoms with van der Waals surface area (Å²) in [5.41, 5.74) is 0.0515. The Hall–Kier alpha value is -0.0800. The van der Waals surface area contributed by atoms with E-state index in [1.807, 2.05) is 0 Å². The first kappa shape index (κ1) is 18.0. The smallest absolute Gasteiger partial charge is 0.0723 e. The minimum atomic E-state index is -0.142. The third-order valence-corrected chi connectivity index (χ3v) is 5.48. The molecule has 120 valence electrons. The topological polar surface area (TPSA) is 23.5 Å². The van der Waals surface area contributed by atoms with Crippen molar-refractivity contribution in [3.05, 3.63) is 0 Å². The Labute approximate surface area is 126 Å². The van der Waals surface area contributed by atoms with Crippen molar-refractivity contribution in [3.8, 4) is 0 Å². The molecule has 0 aromatic heterocycles. The highest BCUT2D eigenvalue weighted by Crippen LogP contribution is 2.39. The molecule has 1 atom stereocenters. The maximum atomic E-state index is 10.7. The molecular weight excluding hydrogens is 246 g/mol. The first-order chi connectivity index (χ1) is 9.53. The van der Waals surface area contributed by atoms with Gasteiger partial charge in [-0.1, -0.05) is 52.4 Å². The summed E-state index contributed by atoms with van der Waals surface area (Å²) in [5, 5.41) is 10.7. The fourth-order valence-corrected chi connectivity index (χ4v) is 3.73. The summed E-state index contributed by atoms with van der Waals surface area (Å²) >= 11 is 0. The maximum Gasteiger partial charge on any atom is 0.0723 e. The minimum absolute atomic E-state index is 0.0515. The average molecular weight is 284 g/mol. The van der Waals surface area contributed by atoms with Gasteiger partial charge < -0.3 is 10.0 Å². The van der Waals surface area contributed by atoms with Crippen LogP contribution < -0.4 is 0 Å². The standard InChI is InChI=1S/C18H37NO/c1-5-6-7-8-9-10-11-17(20)18(19(3)4)14-12-16(2)13-15-18/h16-17,20H,5-15H2,1-4H3. The molecule has 2 heteroatoms. The first-order valence-corrected chi connectivity index (χ1v) is 8.88. The van der Waals surface area contributed by atoms with Crippen LogP contribution in [0, 0.1) is 5.92 Å². The normalized spacial score (nSPS) is 28.8. The summed E-state index contributed by atoms with van der Waals surface area (Å²) in [6.07, 6.45) is 13.6. The second-order valence-electron chi connectivity index (χ2n) is 7.25. The molecule has 0 saturated heterocycles. The molecular formula is C18H37NO. The van der Waals surface area contributed by atoms with E-state index in [1.54, 1.807) is 0 Å². The summed E-state index contributed by atoms with van der Waals surface area (Å²) in [6.45, 7) is 4.61. The maximum absolute atomic E-state index is 10.7. The molecule has 0 spiro atoms. The average Bonchev–Trinajstić information content (AvgIpc) is 2.43. The molecule has 0 aliphatic heterocycles.